The third kappa shape index (κ3) is 2.39. The third-order valence-electron chi connectivity index (χ3n) is 1.20. The summed E-state index contributed by atoms with van der Waals surface area (Å²) >= 11 is 0. The molecule has 1 nitrogen and oxygen atoms in total. The molecule has 4 heteroatoms. The van der Waals surface area contributed by atoms with Gasteiger partial charge in [-0.25, -0.2) is 0 Å². The molecule has 10 heavy (non-hydrogen) atoms. The van der Waals surface area contributed by atoms with Gasteiger partial charge in [0.2, 0.25) is 0 Å². The number of aliphatic hydroxyl groups excluding tert-OH is 1. The minimum atomic E-state index is -4.53. The van der Waals surface area contributed by atoms with Crippen molar-refractivity contribution in [1.29, 1.82) is 0 Å². The minimum Gasteiger partial charge on any atom is -0.379 e. The first kappa shape index (κ1) is 9.49. The van der Waals surface area contributed by atoms with Crippen LogP contribution in [0.3, 0.4) is 0 Å². The number of hydrogen-bond acceptors (Lipinski definition) is 1. The van der Waals surface area contributed by atoms with Gasteiger partial charge in [0.05, 0.1) is 0 Å². The van der Waals surface area contributed by atoms with Gasteiger partial charge in [-0.2, -0.15) is 13.2 Å². The van der Waals surface area contributed by atoms with Crippen LogP contribution in [-0.4, -0.2) is 17.4 Å². The molecule has 0 heterocycles. The average molecular weight is 154 g/mol. The van der Waals surface area contributed by atoms with E-state index in [0.717, 1.165) is 0 Å². The number of hydrogen-bond donors (Lipinski definition) is 1. The molecule has 0 fully saturated rings. The zero-order valence-electron chi connectivity index (χ0n) is 5.74. The van der Waals surface area contributed by atoms with Gasteiger partial charge in [-0.3, -0.25) is 0 Å². The molecule has 1 unspecified atom stereocenters. The fourth-order valence-corrected chi connectivity index (χ4v) is 0.416. The lowest BCUT2D eigenvalue weighted by Crippen LogP contribution is -2.29. The predicted molar refractivity (Wildman–Crippen MR) is 31.5 cm³/mol. The molecule has 0 saturated heterocycles. The van der Waals surface area contributed by atoms with Crippen LogP contribution in [0.15, 0.2) is 11.6 Å². The van der Waals surface area contributed by atoms with Gasteiger partial charge in [0, 0.05) is 0 Å². The highest BCUT2D eigenvalue weighted by Gasteiger charge is 2.38. The van der Waals surface area contributed by atoms with Crippen molar-refractivity contribution in [3.05, 3.63) is 11.6 Å². The van der Waals surface area contributed by atoms with E-state index < -0.39 is 12.3 Å². The number of allylic oxidation sites excluding steroid dienone is 1. The Labute approximate surface area is 57.2 Å². The van der Waals surface area contributed by atoms with Crippen LogP contribution in [-0.2, 0) is 0 Å². The molecule has 0 aromatic carbocycles. The molecule has 0 aliphatic carbocycles. The molecule has 0 aromatic heterocycles. The summed E-state index contributed by atoms with van der Waals surface area (Å²) in [5.41, 5.74) is -0.0764. The van der Waals surface area contributed by atoms with Crippen molar-refractivity contribution in [2.75, 3.05) is 0 Å². The smallest absolute Gasteiger partial charge is 0.379 e. The van der Waals surface area contributed by atoms with E-state index in [1.54, 1.807) is 0 Å². The Morgan fingerprint density at radius 3 is 2.00 bits per heavy atom. The van der Waals surface area contributed by atoms with Gasteiger partial charge in [-0.1, -0.05) is 6.08 Å². The zero-order valence-corrected chi connectivity index (χ0v) is 5.74. The number of aliphatic hydroxyl groups is 1. The maximum Gasteiger partial charge on any atom is 0.418 e. The van der Waals surface area contributed by atoms with Crippen LogP contribution >= 0.6 is 0 Å². The van der Waals surface area contributed by atoms with Crippen molar-refractivity contribution in [3.8, 4) is 0 Å². The van der Waals surface area contributed by atoms with E-state index in [2.05, 4.69) is 0 Å². The van der Waals surface area contributed by atoms with Gasteiger partial charge in [0.15, 0.2) is 6.10 Å². The molecule has 0 saturated carbocycles. The van der Waals surface area contributed by atoms with Crippen LogP contribution in [0.4, 0.5) is 13.2 Å². The lowest BCUT2D eigenvalue weighted by molar-refractivity contribution is -0.191. The van der Waals surface area contributed by atoms with Crippen molar-refractivity contribution >= 4 is 0 Å². The molecule has 0 amide bonds. The van der Waals surface area contributed by atoms with Gasteiger partial charge in [-0.05, 0) is 19.4 Å². The van der Waals surface area contributed by atoms with Crippen molar-refractivity contribution in [2.45, 2.75) is 26.1 Å². The van der Waals surface area contributed by atoms with E-state index in [4.69, 9.17) is 5.11 Å². The number of halogens is 3. The first-order valence-electron chi connectivity index (χ1n) is 2.77. The van der Waals surface area contributed by atoms with Gasteiger partial charge in [0.1, 0.15) is 0 Å². The summed E-state index contributed by atoms with van der Waals surface area (Å²) in [7, 11) is 0. The maximum atomic E-state index is 11.6. The quantitative estimate of drug-likeness (QED) is 0.571. The molecule has 0 aliphatic heterocycles. The third-order valence-corrected chi connectivity index (χ3v) is 1.20. The average Bonchev–Trinajstić information content (AvgIpc) is 1.83. The van der Waals surface area contributed by atoms with E-state index in [9.17, 15) is 13.2 Å². The fourth-order valence-electron chi connectivity index (χ4n) is 0.416. The molecule has 0 aromatic rings. The van der Waals surface area contributed by atoms with Crippen LogP contribution in [0.5, 0.6) is 0 Å². The van der Waals surface area contributed by atoms with E-state index in [1.165, 1.54) is 19.9 Å². The molecule has 1 N–H and O–H groups in total. The van der Waals surface area contributed by atoms with E-state index in [1.807, 2.05) is 0 Å². The van der Waals surface area contributed by atoms with Gasteiger partial charge in [0.25, 0.3) is 0 Å². The van der Waals surface area contributed by atoms with Crippen molar-refractivity contribution in [2.24, 2.45) is 0 Å². The first-order chi connectivity index (χ1) is 4.39. The summed E-state index contributed by atoms with van der Waals surface area (Å²) in [5.74, 6) is 0. The highest BCUT2D eigenvalue weighted by Crippen LogP contribution is 2.24. The second-order valence-corrected chi connectivity index (χ2v) is 1.98. The lowest BCUT2D eigenvalue weighted by atomic mass is 10.1. The second kappa shape index (κ2) is 3.05. The Bertz CT molecular complexity index is 136. The normalized spacial score (nSPS) is 17.2. The van der Waals surface area contributed by atoms with Crippen molar-refractivity contribution < 1.29 is 18.3 Å². The molecule has 60 valence electrons. The fraction of sp³-hybridized carbons (Fsp3) is 0.667. The SMILES string of the molecule is CC=C(C)C(O)C(F)(F)F. The molecule has 0 radical (unpaired) electrons. The van der Waals surface area contributed by atoms with Crippen molar-refractivity contribution in [1.82, 2.24) is 0 Å². The second-order valence-electron chi connectivity index (χ2n) is 1.98. The van der Waals surface area contributed by atoms with E-state index >= 15 is 0 Å². The van der Waals surface area contributed by atoms with Gasteiger partial charge in [-0.15, -0.1) is 0 Å². The summed E-state index contributed by atoms with van der Waals surface area (Å²) in [6.07, 6.45) is -5.60. The molecular formula is C6H9F3O. The molecule has 0 bridgehead atoms. The summed E-state index contributed by atoms with van der Waals surface area (Å²) in [6.45, 7) is 2.68. The lowest BCUT2D eigenvalue weighted by Gasteiger charge is -2.14. The highest BCUT2D eigenvalue weighted by atomic mass is 19.4. The molecule has 0 spiro atoms. The Kier molecular flexibility index (Phi) is 2.90. The molecule has 0 aliphatic rings. The van der Waals surface area contributed by atoms with Crippen LogP contribution in [0.2, 0.25) is 0 Å². The molecule has 1 atom stereocenters. The molecular weight excluding hydrogens is 145 g/mol. The predicted octanol–water partition coefficient (Wildman–Crippen LogP) is 1.88. The zero-order chi connectivity index (χ0) is 8.36. The van der Waals surface area contributed by atoms with Crippen LogP contribution in [0.25, 0.3) is 0 Å². The van der Waals surface area contributed by atoms with Gasteiger partial charge >= 0.3 is 6.18 Å². The Hall–Kier alpha value is -0.510. The Morgan fingerprint density at radius 1 is 1.50 bits per heavy atom. The monoisotopic (exact) mass is 154 g/mol. The summed E-state index contributed by atoms with van der Waals surface area (Å²) < 4.78 is 34.8. The van der Waals surface area contributed by atoms with Crippen LogP contribution in [0.1, 0.15) is 13.8 Å². The highest BCUT2D eigenvalue weighted by molar-refractivity contribution is 5.05. The summed E-state index contributed by atoms with van der Waals surface area (Å²) in [5, 5.41) is 8.46. The Morgan fingerprint density at radius 2 is 1.90 bits per heavy atom. The van der Waals surface area contributed by atoms with Gasteiger partial charge < -0.3 is 5.11 Å². The van der Waals surface area contributed by atoms with Crippen molar-refractivity contribution in [3.63, 3.8) is 0 Å². The van der Waals surface area contributed by atoms with E-state index in [0.29, 0.717) is 0 Å². The number of alkyl halides is 3. The first-order valence-corrected chi connectivity index (χ1v) is 2.77. The standard InChI is InChI=1S/C6H9F3O/c1-3-4(2)5(10)6(7,8)9/h3,5,10H,1-2H3. The topological polar surface area (TPSA) is 20.2 Å². The summed E-state index contributed by atoms with van der Waals surface area (Å²) in [4.78, 5) is 0. The van der Waals surface area contributed by atoms with Crippen LogP contribution < -0.4 is 0 Å². The van der Waals surface area contributed by atoms with E-state index in [-0.39, 0.29) is 5.57 Å². The maximum absolute atomic E-state index is 11.6. The van der Waals surface area contributed by atoms with Crippen LogP contribution in [0, 0.1) is 0 Å². The molecule has 0 rings (SSSR count). The minimum absolute atomic E-state index is 0.0764. The Balaban J connectivity index is 4.23. The summed E-state index contributed by atoms with van der Waals surface area (Å²) in [6, 6.07) is 0. The largest absolute Gasteiger partial charge is 0.418 e. The number of rotatable bonds is 1.